The van der Waals surface area contributed by atoms with Gasteiger partial charge in [0, 0.05) is 11.9 Å². The van der Waals surface area contributed by atoms with Crippen molar-refractivity contribution in [2.24, 2.45) is 0 Å². The number of aromatic amines is 1. The second kappa shape index (κ2) is 7.22. The smallest absolute Gasteiger partial charge is 0.387 e. The van der Waals surface area contributed by atoms with Gasteiger partial charge in [-0.3, -0.25) is 9.89 Å². The number of carbonyl (C=O) groups excluding carboxylic acids is 1. The van der Waals surface area contributed by atoms with Crippen molar-refractivity contribution in [2.75, 3.05) is 6.54 Å². The molecule has 1 amide bonds. The molecule has 0 aliphatic rings. The molecule has 0 saturated carbocycles. The number of aliphatic hydroxyl groups excluding tert-OH is 1. The molecule has 7 nitrogen and oxygen atoms in total. The Morgan fingerprint density at radius 3 is 2.88 bits per heavy atom. The van der Waals surface area contributed by atoms with Crippen molar-refractivity contribution in [3.05, 3.63) is 52.8 Å². The van der Waals surface area contributed by atoms with Crippen LogP contribution in [-0.4, -0.2) is 37.7 Å². The fraction of sp³-hybridized carbons (Fsp3) is 0.200. The minimum atomic E-state index is -4.50. The molecule has 1 unspecified atom stereocenters. The maximum Gasteiger partial charge on any atom is 0.416 e. The molecule has 11 heteroatoms. The summed E-state index contributed by atoms with van der Waals surface area (Å²) in [5.41, 5.74) is -0.699. The summed E-state index contributed by atoms with van der Waals surface area (Å²) in [6, 6.07) is 4.32. The van der Waals surface area contributed by atoms with E-state index in [1.54, 1.807) is 0 Å². The minimum Gasteiger partial charge on any atom is -0.387 e. The van der Waals surface area contributed by atoms with Crippen LogP contribution in [0.3, 0.4) is 0 Å². The number of amides is 1. The average molecular weight is 383 g/mol. The van der Waals surface area contributed by atoms with Crippen LogP contribution in [0.15, 0.2) is 36.0 Å². The zero-order chi connectivity index (χ0) is 18.7. The normalized spacial score (nSPS) is 12.8. The van der Waals surface area contributed by atoms with Crippen LogP contribution in [0, 0.1) is 0 Å². The van der Waals surface area contributed by atoms with E-state index in [1.807, 2.05) is 0 Å². The SMILES string of the molecule is O=C(NCC(O)c1cccc(C(F)(F)F)c1)c1csc(-c2ncn[nH]2)n1. The molecule has 0 saturated heterocycles. The number of rotatable bonds is 5. The second-order valence-electron chi connectivity index (χ2n) is 5.22. The lowest BCUT2D eigenvalue weighted by Gasteiger charge is -2.14. The lowest BCUT2D eigenvalue weighted by Crippen LogP contribution is -2.28. The Morgan fingerprint density at radius 2 is 2.19 bits per heavy atom. The topological polar surface area (TPSA) is 104 Å². The Morgan fingerprint density at radius 1 is 1.38 bits per heavy atom. The first-order chi connectivity index (χ1) is 12.3. The zero-order valence-electron chi connectivity index (χ0n) is 13.0. The molecule has 3 N–H and O–H groups in total. The van der Waals surface area contributed by atoms with Crippen LogP contribution in [0.25, 0.3) is 10.8 Å². The van der Waals surface area contributed by atoms with Gasteiger partial charge >= 0.3 is 6.18 Å². The largest absolute Gasteiger partial charge is 0.416 e. The highest BCUT2D eigenvalue weighted by Crippen LogP contribution is 2.30. The quantitative estimate of drug-likeness (QED) is 0.628. The molecule has 26 heavy (non-hydrogen) atoms. The van der Waals surface area contributed by atoms with Crippen LogP contribution in [0.1, 0.15) is 27.7 Å². The number of halogens is 3. The van der Waals surface area contributed by atoms with Gasteiger partial charge < -0.3 is 10.4 Å². The number of nitrogens with zero attached hydrogens (tertiary/aromatic N) is 3. The predicted octanol–water partition coefficient (Wildman–Crippen LogP) is 2.41. The van der Waals surface area contributed by atoms with E-state index in [4.69, 9.17) is 0 Å². The van der Waals surface area contributed by atoms with E-state index in [1.165, 1.54) is 35.2 Å². The number of benzene rings is 1. The molecule has 0 spiro atoms. The maximum atomic E-state index is 12.7. The number of aliphatic hydroxyl groups is 1. The van der Waals surface area contributed by atoms with Crippen molar-refractivity contribution < 1.29 is 23.1 Å². The van der Waals surface area contributed by atoms with E-state index in [0.717, 1.165) is 12.1 Å². The standard InChI is InChI=1S/C15H12F3N5O2S/c16-15(17,18)9-3-1-2-8(4-9)11(24)5-19-13(25)10-6-26-14(22-10)12-20-7-21-23-12/h1-4,6-7,11,24H,5H2,(H,19,25)(H,20,21,23). The first kappa shape index (κ1) is 18.0. The van der Waals surface area contributed by atoms with Gasteiger partial charge in [0.15, 0.2) is 10.8 Å². The first-order valence-electron chi connectivity index (χ1n) is 7.29. The number of thiazole rings is 1. The summed E-state index contributed by atoms with van der Waals surface area (Å²) in [7, 11) is 0. The third-order valence-corrected chi connectivity index (χ3v) is 4.26. The highest BCUT2D eigenvalue weighted by molar-refractivity contribution is 7.13. The summed E-state index contributed by atoms with van der Waals surface area (Å²) in [5.74, 6) is -0.143. The molecule has 2 aromatic heterocycles. The third kappa shape index (κ3) is 4.06. The number of H-pyrrole nitrogens is 1. The van der Waals surface area contributed by atoms with E-state index in [-0.39, 0.29) is 17.8 Å². The van der Waals surface area contributed by atoms with Crippen molar-refractivity contribution in [1.82, 2.24) is 25.5 Å². The molecule has 0 fully saturated rings. The molecule has 0 aliphatic heterocycles. The Labute approximate surface area is 148 Å². The van der Waals surface area contributed by atoms with Gasteiger partial charge in [0.25, 0.3) is 5.91 Å². The summed E-state index contributed by atoms with van der Waals surface area (Å²) in [6.45, 7) is -0.255. The van der Waals surface area contributed by atoms with Crippen molar-refractivity contribution >= 4 is 17.2 Å². The van der Waals surface area contributed by atoms with Crippen molar-refractivity contribution in [3.63, 3.8) is 0 Å². The van der Waals surface area contributed by atoms with E-state index in [2.05, 4.69) is 25.5 Å². The van der Waals surface area contributed by atoms with E-state index in [9.17, 15) is 23.1 Å². The predicted molar refractivity (Wildman–Crippen MR) is 86.2 cm³/mol. The molecular formula is C15H12F3N5O2S. The fourth-order valence-corrected chi connectivity index (χ4v) is 2.86. The summed E-state index contributed by atoms with van der Waals surface area (Å²) >= 11 is 1.18. The van der Waals surface area contributed by atoms with Crippen LogP contribution in [0.5, 0.6) is 0 Å². The number of hydrogen-bond acceptors (Lipinski definition) is 6. The molecule has 136 valence electrons. The Hall–Kier alpha value is -2.79. The number of nitrogens with one attached hydrogen (secondary N) is 2. The number of carbonyl (C=O) groups is 1. The van der Waals surface area contributed by atoms with Gasteiger partial charge in [-0.1, -0.05) is 12.1 Å². The molecule has 0 bridgehead atoms. The molecule has 3 rings (SSSR count). The van der Waals surface area contributed by atoms with Gasteiger partial charge in [0.2, 0.25) is 0 Å². The van der Waals surface area contributed by atoms with Crippen LogP contribution >= 0.6 is 11.3 Å². The Balaban J connectivity index is 1.63. The lowest BCUT2D eigenvalue weighted by molar-refractivity contribution is -0.137. The zero-order valence-corrected chi connectivity index (χ0v) is 13.8. The summed E-state index contributed by atoms with van der Waals surface area (Å²) in [5, 5.41) is 20.8. The monoisotopic (exact) mass is 383 g/mol. The lowest BCUT2D eigenvalue weighted by atomic mass is 10.1. The molecule has 2 heterocycles. The van der Waals surface area contributed by atoms with Gasteiger partial charge in [0.05, 0.1) is 11.7 Å². The van der Waals surface area contributed by atoms with Gasteiger partial charge in [-0.05, 0) is 17.7 Å². The van der Waals surface area contributed by atoms with E-state index >= 15 is 0 Å². The second-order valence-corrected chi connectivity index (χ2v) is 6.08. The number of hydrogen-bond donors (Lipinski definition) is 3. The molecule has 1 aromatic carbocycles. The highest BCUT2D eigenvalue weighted by Gasteiger charge is 2.30. The van der Waals surface area contributed by atoms with Crippen molar-refractivity contribution in [3.8, 4) is 10.8 Å². The van der Waals surface area contributed by atoms with Gasteiger partial charge in [-0.15, -0.1) is 11.3 Å². The van der Waals surface area contributed by atoms with E-state index in [0.29, 0.717) is 10.8 Å². The molecule has 1 atom stereocenters. The molecule has 0 radical (unpaired) electrons. The number of alkyl halides is 3. The number of aromatic nitrogens is 4. The fourth-order valence-electron chi connectivity index (χ4n) is 2.12. The van der Waals surface area contributed by atoms with Crippen molar-refractivity contribution in [2.45, 2.75) is 12.3 Å². The summed E-state index contributed by atoms with van der Waals surface area (Å²) in [6.07, 6.45) is -4.48. The summed E-state index contributed by atoms with van der Waals surface area (Å²) < 4.78 is 38.1. The van der Waals surface area contributed by atoms with Gasteiger partial charge in [0.1, 0.15) is 12.0 Å². The Bertz CT molecular complexity index is 895. The van der Waals surface area contributed by atoms with Crippen LogP contribution < -0.4 is 5.32 Å². The molecule has 3 aromatic rings. The van der Waals surface area contributed by atoms with Crippen LogP contribution in [0.4, 0.5) is 13.2 Å². The third-order valence-electron chi connectivity index (χ3n) is 3.41. The van der Waals surface area contributed by atoms with Crippen LogP contribution in [-0.2, 0) is 6.18 Å². The first-order valence-corrected chi connectivity index (χ1v) is 8.17. The van der Waals surface area contributed by atoms with E-state index < -0.39 is 23.8 Å². The maximum absolute atomic E-state index is 12.7. The van der Waals surface area contributed by atoms with Gasteiger partial charge in [-0.25, -0.2) is 9.97 Å². The van der Waals surface area contributed by atoms with Crippen LogP contribution in [0.2, 0.25) is 0 Å². The molecule has 0 aliphatic carbocycles. The average Bonchev–Trinajstić information content (AvgIpc) is 3.29. The Kier molecular flexibility index (Phi) is 5.00. The highest BCUT2D eigenvalue weighted by atomic mass is 32.1. The van der Waals surface area contributed by atoms with Gasteiger partial charge in [-0.2, -0.15) is 18.3 Å². The van der Waals surface area contributed by atoms with Crippen molar-refractivity contribution in [1.29, 1.82) is 0 Å². The summed E-state index contributed by atoms with van der Waals surface area (Å²) in [4.78, 5) is 20.1. The minimum absolute atomic E-state index is 0.0563. The molecular weight excluding hydrogens is 371 g/mol.